The minimum atomic E-state index is -1.84. The van der Waals surface area contributed by atoms with Gasteiger partial charge in [0.05, 0.1) is 13.2 Å². The van der Waals surface area contributed by atoms with E-state index in [1.54, 1.807) is 0 Å². The van der Waals surface area contributed by atoms with Gasteiger partial charge in [0.1, 0.15) is 12.3 Å². The molecule has 2 atom stereocenters. The van der Waals surface area contributed by atoms with Crippen LogP contribution >= 0.6 is 0 Å². The van der Waals surface area contributed by atoms with E-state index in [1.165, 1.54) is 0 Å². The van der Waals surface area contributed by atoms with Crippen molar-refractivity contribution < 1.29 is 23.4 Å². The lowest BCUT2D eigenvalue weighted by atomic mass is 10.1. The Hall–Kier alpha value is -1.01. The number of halogens is 2. The summed E-state index contributed by atoms with van der Waals surface area (Å²) in [4.78, 5) is 12.3. The third-order valence-electron chi connectivity index (χ3n) is 2.83. The fourth-order valence-electron chi connectivity index (χ4n) is 1.79. The van der Waals surface area contributed by atoms with E-state index in [0.29, 0.717) is 25.7 Å². The first-order chi connectivity index (χ1) is 8.59. The van der Waals surface area contributed by atoms with Crippen LogP contribution in [0.15, 0.2) is 12.2 Å². The molecule has 0 bridgehead atoms. The molecule has 1 fully saturated rings. The van der Waals surface area contributed by atoms with E-state index in [-0.39, 0.29) is 6.42 Å². The zero-order valence-electron chi connectivity index (χ0n) is 10.2. The van der Waals surface area contributed by atoms with Gasteiger partial charge in [-0.05, 0) is 25.5 Å². The predicted molar refractivity (Wildman–Crippen MR) is 63.1 cm³/mol. The third-order valence-corrected chi connectivity index (χ3v) is 2.83. The SMILES string of the molecule is O=C(O)C=CC(F)C(F)CCCN1CCOCC1. The number of morpholine rings is 1. The lowest BCUT2D eigenvalue weighted by molar-refractivity contribution is -0.131. The molecule has 0 radical (unpaired) electrons. The van der Waals surface area contributed by atoms with Crippen molar-refractivity contribution in [1.82, 2.24) is 4.90 Å². The van der Waals surface area contributed by atoms with Gasteiger partial charge >= 0.3 is 5.97 Å². The van der Waals surface area contributed by atoms with Gasteiger partial charge in [-0.1, -0.05) is 0 Å². The fraction of sp³-hybridized carbons (Fsp3) is 0.750. The van der Waals surface area contributed by atoms with E-state index in [1.807, 2.05) is 0 Å². The molecule has 0 aromatic heterocycles. The van der Waals surface area contributed by atoms with Crippen molar-refractivity contribution in [3.8, 4) is 0 Å². The van der Waals surface area contributed by atoms with Crippen LogP contribution in [-0.2, 0) is 9.53 Å². The van der Waals surface area contributed by atoms with Crippen molar-refractivity contribution in [3.63, 3.8) is 0 Å². The zero-order valence-corrected chi connectivity index (χ0v) is 10.2. The molecule has 2 unspecified atom stereocenters. The van der Waals surface area contributed by atoms with Crippen LogP contribution in [-0.4, -0.2) is 61.2 Å². The molecule has 1 aliphatic rings. The molecule has 0 aromatic rings. The minimum Gasteiger partial charge on any atom is -0.478 e. The molecule has 18 heavy (non-hydrogen) atoms. The van der Waals surface area contributed by atoms with Crippen LogP contribution in [0.3, 0.4) is 0 Å². The number of hydrogen-bond acceptors (Lipinski definition) is 3. The molecule has 104 valence electrons. The largest absolute Gasteiger partial charge is 0.478 e. The lowest BCUT2D eigenvalue weighted by Gasteiger charge is -2.26. The first kappa shape index (κ1) is 15.0. The van der Waals surface area contributed by atoms with E-state index in [4.69, 9.17) is 9.84 Å². The Kier molecular flexibility index (Phi) is 6.82. The topological polar surface area (TPSA) is 49.8 Å². The number of alkyl halides is 2. The Morgan fingerprint density at radius 2 is 2.06 bits per heavy atom. The van der Waals surface area contributed by atoms with Crippen LogP contribution < -0.4 is 0 Å². The standard InChI is InChI=1S/C12H19F2NO3/c13-10(11(14)3-4-12(16)17)2-1-5-15-6-8-18-9-7-15/h3-4,10-11H,1-2,5-9H2,(H,16,17). The van der Waals surface area contributed by atoms with E-state index in [9.17, 15) is 13.6 Å². The summed E-state index contributed by atoms with van der Waals surface area (Å²) in [6.07, 6.45) is -1.43. The second-order valence-electron chi connectivity index (χ2n) is 4.25. The molecule has 6 heteroatoms. The van der Waals surface area contributed by atoms with Gasteiger partial charge in [0.2, 0.25) is 0 Å². The van der Waals surface area contributed by atoms with Crippen molar-refractivity contribution in [2.24, 2.45) is 0 Å². The average Bonchev–Trinajstić information content (AvgIpc) is 2.37. The number of hydrogen-bond donors (Lipinski definition) is 1. The molecule has 1 N–H and O–H groups in total. The number of allylic oxidation sites excluding steroid dienone is 1. The number of carbonyl (C=O) groups is 1. The van der Waals surface area contributed by atoms with Gasteiger partial charge in [-0.15, -0.1) is 0 Å². The highest BCUT2D eigenvalue weighted by atomic mass is 19.2. The molecule has 0 spiro atoms. The van der Waals surface area contributed by atoms with Crippen molar-refractivity contribution in [1.29, 1.82) is 0 Å². The van der Waals surface area contributed by atoms with Gasteiger partial charge in [-0.2, -0.15) is 0 Å². The highest BCUT2D eigenvalue weighted by molar-refractivity contribution is 5.79. The molecule has 1 saturated heterocycles. The first-order valence-electron chi connectivity index (χ1n) is 6.09. The summed E-state index contributed by atoms with van der Waals surface area (Å²) in [6.45, 7) is 3.75. The second-order valence-corrected chi connectivity index (χ2v) is 4.25. The van der Waals surface area contributed by atoms with Crippen LogP contribution in [0.4, 0.5) is 8.78 Å². The van der Waals surface area contributed by atoms with Crippen LogP contribution in [0.25, 0.3) is 0 Å². The van der Waals surface area contributed by atoms with E-state index >= 15 is 0 Å². The molecule has 0 aromatic carbocycles. The second kappa shape index (κ2) is 8.16. The molecule has 1 rings (SSSR count). The quantitative estimate of drug-likeness (QED) is 0.706. The number of rotatable bonds is 7. The highest BCUT2D eigenvalue weighted by Gasteiger charge is 2.18. The van der Waals surface area contributed by atoms with Crippen LogP contribution in [0, 0.1) is 0 Å². The van der Waals surface area contributed by atoms with Gasteiger partial charge < -0.3 is 9.84 Å². The Labute approximate surface area is 105 Å². The summed E-state index contributed by atoms with van der Waals surface area (Å²) >= 11 is 0. The number of aliphatic carboxylic acids is 1. The maximum Gasteiger partial charge on any atom is 0.328 e. The number of nitrogens with zero attached hydrogens (tertiary/aromatic N) is 1. The summed E-state index contributed by atoms with van der Waals surface area (Å²) in [7, 11) is 0. The number of ether oxygens (including phenoxy) is 1. The molecule has 0 saturated carbocycles. The number of carboxylic acid groups (broad SMARTS) is 1. The average molecular weight is 263 g/mol. The maximum absolute atomic E-state index is 13.3. The Bertz CT molecular complexity index is 280. The van der Waals surface area contributed by atoms with Gasteiger partial charge in [0, 0.05) is 19.2 Å². The van der Waals surface area contributed by atoms with E-state index in [0.717, 1.165) is 25.7 Å². The molecule has 1 aliphatic heterocycles. The normalized spacial score (nSPS) is 21.0. The summed E-state index contributed by atoms with van der Waals surface area (Å²) in [5.41, 5.74) is 0. The first-order valence-corrected chi connectivity index (χ1v) is 6.09. The molecule has 0 amide bonds. The molecule has 0 aliphatic carbocycles. The number of carboxylic acids is 1. The highest BCUT2D eigenvalue weighted by Crippen LogP contribution is 2.13. The minimum absolute atomic E-state index is 0.0997. The Morgan fingerprint density at radius 3 is 2.67 bits per heavy atom. The van der Waals surface area contributed by atoms with Crippen LogP contribution in [0.5, 0.6) is 0 Å². The smallest absolute Gasteiger partial charge is 0.328 e. The zero-order chi connectivity index (χ0) is 13.4. The summed E-state index contributed by atoms with van der Waals surface area (Å²) in [5.74, 6) is -1.27. The summed E-state index contributed by atoms with van der Waals surface area (Å²) < 4.78 is 31.7. The van der Waals surface area contributed by atoms with Crippen molar-refractivity contribution in [2.75, 3.05) is 32.8 Å². The summed E-state index contributed by atoms with van der Waals surface area (Å²) in [5, 5.41) is 8.30. The third kappa shape index (κ3) is 6.07. The summed E-state index contributed by atoms with van der Waals surface area (Å²) in [6, 6.07) is 0. The predicted octanol–water partition coefficient (Wildman–Crippen LogP) is 1.42. The molecular formula is C12H19F2NO3. The fourth-order valence-corrected chi connectivity index (χ4v) is 1.79. The van der Waals surface area contributed by atoms with Crippen LogP contribution in [0.2, 0.25) is 0 Å². The molecule has 4 nitrogen and oxygen atoms in total. The van der Waals surface area contributed by atoms with Crippen molar-refractivity contribution in [2.45, 2.75) is 25.2 Å². The van der Waals surface area contributed by atoms with Crippen LogP contribution in [0.1, 0.15) is 12.8 Å². The van der Waals surface area contributed by atoms with Crippen molar-refractivity contribution >= 4 is 5.97 Å². The van der Waals surface area contributed by atoms with Gasteiger partial charge in [-0.3, -0.25) is 4.90 Å². The lowest BCUT2D eigenvalue weighted by Crippen LogP contribution is -2.37. The van der Waals surface area contributed by atoms with Gasteiger partial charge in [0.25, 0.3) is 0 Å². The Balaban J connectivity index is 2.15. The Morgan fingerprint density at radius 1 is 1.39 bits per heavy atom. The molecular weight excluding hydrogens is 244 g/mol. The monoisotopic (exact) mass is 263 g/mol. The van der Waals surface area contributed by atoms with Crippen molar-refractivity contribution in [3.05, 3.63) is 12.2 Å². The van der Waals surface area contributed by atoms with Gasteiger partial charge in [-0.25, -0.2) is 13.6 Å². The maximum atomic E-state index is 13.3. The van der Waals surface area contributed by atoms with Gasteiger partial charge in [0.15, 0.2) is 0 Å². The molecule has 1 heterocycles. The van der Waals surface area contributed by atoms with E-state index in [2.05, 4.69) is 4.90 Å². The van der Waals surface area contributed by atoms with E-state index < -0.39 is 18.3 Å².